The number of anilines is 1. The van der Waals surface area contributed by atoms with Crippen molar-refractivity contribution in [3.8, 4) is 0 Å². The summed E-state index contributed by atoms with van der Waals surface area (Å²) in [5.41, 5.74) is 0. The van der Waals surface area contributed by atoms with Gasteiger partial charge in [0.25, 0.3) is 0 Å². The fourth-order valence-electron chi connectivity index (χ4n) is 1.93. The van der Waals surface area contributed by atoms with E-state index in [0.29, 0.717) is 12.3 Å². The van der Waals surface area contributed by atoms with Gasteiger partial charge in [0.05, 0.1) is 0 Å². The van der Waals surface area contributed by atoms with Crippen LogP contribution in [0.4, 0.5) is 5.13 Å². The molecule has 5 heteroatoms. The van der Waals surface area contributed by atoms with Gasteiger partial charge in [-0.15, -0.1) is 11.3 Å². The number of hydrogen-bond acceptors (Lipinski definition) is 4. The van der Waals surface area contributed by atoms with Gasteiger partial charge in [-0.3, -0.25) is 4.79 Å². The van der Waals surface area contributed by atoms with Crippen LogP contribution in [0.5, 0.6) is 0 Å². The summed E-state index contributed by atoms with van der Waals surface area (Å²) in [6, 6.07) is 0. The van der Waals surface area contributed by atoms with E-state index < -0.39 is 0 Å². The molecular weight excluding hydrogens is 222 g/mol. The van der Waals surface area contributed by atoms with E-state index >= 15 is 0 Å². The zero-order valence-electron chi connectivity index (χ0n) is 9.45. The lowest BCUT2D eigenvalue weighted by atomic mass is 9.94. The second-order valence-corrected chi connectivity index (χ2v) is 5.46. The highest BCUT2D eigenvalue weighted by Crippen LogP contribution is 2.19. The molecule has 88 valence electrons. The van der Waals surface area contributed by atoms with E-state index in [1.54, 1.807) is 6.20 Å². The van der Waals surface area contributed by atoms with Crippen LogP contribution in [0, 0.1) is 12.8 Å². The normalized spacial score (nSPS) is 17.3. The maximum atomic E-state index is 11.7. The number of aryl methyl sites for hydroxylation is 1. The molecule has 0 spiro atoms. The monoisotopic (exact) mass is 239 g/mol. The van der Waals surface area contributed by atoms with Gasteiger partial charge in [-0.05, 0) is 38.8 Å². The average molecular weight is 239 g/mol. The Labute approximate surface area is 99.5 Å². The highest BCUT2D eigenvalue weighted by atomic mass is 32.1. The Balaban J connectivity index is 1.79. The third-order valence-corrected chi connectivity index (χ3v) is 3.63. The van der Waals surface area contributed by atoms with Crippen molar-refractivity contribution in [1.29, 1.82) is 0 Å². The van der Waals surface area contributed by atoms with E-state index in [4.69, 9.17) is 0 Å². The van der Waals surface area contributed by atoms with Crippen molar-refractivity contribution in [3.05, 3.63) is 11.1 Å². The van der Waals surface area contributed by atoms with Gasteiger partial charge in [0.15, 0.2) is 5.13 Å². The van der Waals surface area contributed by atoms with Crippen molar-refractivity contribution < 1.29 is 4.79 Å². The van der Waals surface area contributed by atoms with Crippen molar-refractivity contribution in [1.82, 2.24) is 10.3 Å². The number of hydrogen-bond donors (Lipinski definition) is 2. The predicted molar refractivity (Wildman–Crippen MR) is 65.7 cm³/mol. The molecule has 0 aromatic carbocycles. The number of thiazole rings is 1. The van der Waals surface area contributed by atoms with E-state index in [0.717, 1.165) is 35.9 Å². The predicted octanol–water partition coefficient (Wildman–Crippen LogP) is 1.78. The Morgan fingerprint density at radius 1 is 1.62 bits per heavy atom. The summed E-state index contributed by atoms with van der Waals surface area (Å²) in [5, 5.41) is 6.88. The minimum Gasteiger partial charge on any atom is -0.317 e. The van der Waals surface area contributed by atoms with Gasteiger partial charge in [0.1, 0.15) is 0 Å². The standard InChI is InChI=1S/C11H17N3OS/c1-8-7-13-11(16-8)14-10(15)6-9-2-4-12-5-3-9/h7,9,12H,2-6H2,1H3,(H,13,14,15). The van der Waals surface area contributed by atoms with Gasteiger partial charge in [0.2, 0.25) is 5.91 Å². The largest absolute Gasteiger partial charge is 0.317 e. The van der Waals surface area contributed by atoms with Gasteiger partial charge in [-0.25, -0.2) is 4.98 Å². The van der Waals surface area contributed by atoms with Crippen LogP contribution in [0.1, 0.15) is 24.1 Å². The molecule has 1 aliphatic heterocycles. The van der Waals surface area contributed by atoms with Crippen molar-refractivity contribution in [2.45, 2.75) is 26.2 Å². The number of carbonyl (C=O) groups is 1. The molecule has 0 bridgehead atoms. The third kappa shape index (κ3) is 3.28. The molecule has 1 saturated heterocycles. The molecule has 1 aromatic heterocycles. The number of aromatic nitrogens is 1. The zero-order chi connectivity index (χ0) is 11.4. The van der Waals surface area contributed by atoms with Crippen molar-refractivity contribution in [2.75, 3.05) is 18.4 Å². The number of nitrogens with zero attached hydrogens (tertiary/aromatic N) is 1. The van der Waals surface area contributed by atoms with Crippen LogP contribution >= 0.6 is 11.3 Å². The second-order valence-electron chi connectivity index (χ2n) is 4.22. The number of amides is 1. The number of carbonyl (C=O) groups excluding carboxylic acids is 1. The zero-order valence-corrected chi connectivity index (χ0v) is 10.3. The van der Waals surface area contributed by atoms with Gasteiger partial charge < -0.3 is 10.6 Å². The SMILES string of the molecule is Cc1cnc(NC(=O)CC2CCNCC2)s1. The van der Waals surface area contributed by atoms with Gasteiger partial charge in [0, 0.05) is 17.5 Å². The third-order valence-electron chi connectivity index (χ3n) is 2.80. The number of nitrogens with one attached hydrogen (secondary N) is 2. The Bertz CT molecular complexity index is 358. The van der Waals surface area contributed by atoms with Crippen LogP contribution in [0.2, 0.25) is 0 Å². The summed E-state index contributed by atoms with van der Waals surface area (Å²) >= 11 is 1.52. The first-order valence-electron chi connectivity index (χ1n) is 5.67. The average Bonchev–Trinajstić information content (AvgIpc) is 2.65. The van der Waals surface area contributed by atoms with E-state index in [9.17, 15) is 4.79 Å². The molecule has 4 nitrogen and oxygen atoms in total. The van der Waals surface area contributed by atoms with Crippen LogP contribution in [0.25, 0.3) is 0 Å². The molecule has 1 aliphatic rings. The van der Waals surface area contributed by atoms with E-state index in [-0.39, 0.29) is 5.91 Å². The Kier molecular flexibility index (Phi) is 3.90. The molecular formula is C11H17N3OS. The van der Waals surface area contributed by atoms with Crippen LogP contribution in [-0.4, -0.2) is 24.0 Å². The Hall–Kier alpha value is -0.940. The molecule has 1 amide bonds. The first kappa shape index (κ1) is 11.5. The van der Waals surface area contributed by atoms with E-state index in [2.05, 4.69) is 15.6 Å². The highest BCUT2D eigenvalue weighted by molar-refractivity contribution is 7.15. The molecule has 2 N–H and O–H groups in total. The lowest BCUT2D eigenvalue weighted by molar-refractivity contribution is -0.117. The number of rotatable bonds is 3. The fraction of sp³-hybridized carbons (Fsp3) is 0.636. The van der Waals surface area contributed by atoms with Crippen LogP contribution in [-0.2, 0) is 4.79 Å². The summed E-state index contributed by atoms with van der Waals surface area (Å²) in [6.07, 6.45) is 4.61. The summed E-state index contributed by atoms with van der Waals surface area (Å²) in [6.45, 7) is 4.06. The smallest absolute Gasteiger partial charge is 0.226 e. The number of piperidine rings is 1. The minimum atomic E-state index is 0.0984. The first-order chi connectivity index (χ1) is 7.74. The molecule has 0 unspecified atom stereocenters. The summed E-state index contributed by atoms with van der Waals surface area (Å²) in [4.78, 5) is 17.0. The molecule has 2 heterocycles. The molecule has 1 aromatic rings. The van der Waals surface area contributed by atoms with Crippen LogP contribution in [0.3, 0.4) is 0 Å². The van der Waals surface area contributed by atoms with E-state index in [1.165, 1.54) is 11.3 Å². The fourth-order valence-corrected chi connectivity index (χ4v) is 2.61. The Morgan fingerprint density at radius 2 is 2.38 bits per heavy atom. The van der Waals surface area contributed by atoms with Gasteiger partial charge >= 0.3 is 0 Å². The summed E-state index contributed by atoms with van der Waals surface area (Å²) in [7, 11) is 0. The van der Waals surface area contributed by atoms with Crippen LogP contribution in [0.15, 0.2) is 6.20 Å². The quantitative estimate of drug-likeness (QED) is 0.845. The Morgan fingerprint density at radius 3 is 3.00 bits per heavy atom. The lowest BCUT2D eigenvalue weighted by Gasteiger charge is -2.21. The topological polar surface area (TPSA) is 54.0 Å². The molecule has 1 fully saturated rings. The molecule has 2 rings (SSSR count). The van der Waals surface area contributed by atoms with Gasteiger partial charge in [-0.2, -0.15) is 0 Å². The first-order valence-corrected chi connectivity index (χ1v) is 6.48. The molecule has 0 saturated carbocycles. The molecule has 0 aliphatic carbocycles. The molecule has 0 radical (unpaired) electrons. The molecule has 0 atom stereocenters. The second kappa shape index (κ2) is 5.41. The van der Waals surface area contributed by atoms with Crippen LogP contribution < -0.4 is 10.6 Å². The van der Waals surface area contributed by atoms with Gasteiger partial charge in [-0.1, -0.05) is 0 Å². The maximum Gasteiger partial charge on any atom is 0.226 e. The van der Waals surface area contributed by atoms with Crippen molar-refractivity contribution >= 4 is 22.4 Å². The lowest BCUT2D eigenvalue weighted by Crippen LogP contribution is -2.30. The minimum absolute atomic E-state index is 0.0984. The summed E-state index contributed by atoms with van der Waals surface area (Å²) in [5.74, 6) is 0.628. The highest BCUT2D eigenvalue weighted by Gasteiger charge is 2.17. The summed E-state index contributed by atoms with van der Waals surface area (Å²) < 4.78 is 0. The molecule has 16 heavy (non-hydrogen) atoms. The maximum absolute atomic E-state index is 11.7. The van der Waals surface area contributed by atoms with Crippen molar-refractivity contribution in [3.63, 3.8) is 0 Å². The van der Waals surface area contributed by atoms with E-state index in [1.807, 2.05) is 6.92 Å². The van der Waals surface area contributed by atoms with Crippen molar-refractivity contribution in [2.24, 2.45) is 5.92 Å².